The molecule has 0 aromatic carbocycles. The van der Waals surface area contributed by atoms with Gasteiger partial charge in [-0.05, 0) is 18.8 Å². The lowest BCUT2D eigenvalue weighted by molar-refractivity contribution is -0.116. The van der Waals surface area contributed by atoms with E-state index in [2.05, 4.69) is 32.2 Å². The average Bonchev–Trinajstić information content (AvgIpc) is 2.49. The van der Waals surface area contributed by atoms with Crippen molar-refractivity contribution in [3.8, 4) is 0 Å². The average molecular weight is 308 g/mol. The fourth-order valence-electron chi connectivity index (χ4n) is 2.25. The second-order valence-corrected chi connectivity index (χ2v) is 6.54. The highest BCUT2D eigenvalue weighted by Crippen LogP contribution is 2.10. The molecule has 0 aliphatic carbocycles. The Bertz CT molecular complexity index is 305. The first-order valence-electron chi connectivity index (χ1n) is 9.27. The molecule has 0 unspecified atom stereocenters. The van der Waals surface area contributed by atoms with Gasteiger partial charge in [-0.1, -0.05) is 90.4 Å². The molecule has 22 heavy (non-hydrogen) atoms. The van der Waals surface area contributed by atoms with Crippen LogP contribution < -0.4 is 5.32 Å². The third-order valence-electron chi connectivity index (χ3n) is 3.65. The molecule has 0 heterocycles. The minimum absolute atomic E-state index is 0.00132. The molecule has 0 spiro atoms. The highest BCUT2D eigenvalue weighted by Gasteiger charge is 1.95. The standard InChI is InChI=1S/C20H37NO/c1-4-5-6-7-8-9-10-11-12-13-14-15-16-17-20(22)21-18-19(2)3/h14-17,19H,4-13,18H2,1-3H3,(H,21,22). The largest absolute Gasteiger partial charge is 0.352 e. The van der Waals surface area contributed by atoms with Gasteiger partial charge in [-0.25, -0.2) is 0 Å². The molecule has 0 saturated heterocycles. The van der Waals surface area contributed by atoms with Crippen LogP contribution in [-0.4, -0.2) is 12.5 Å². The third-order valence-corrected chi connectivity index (χ3v) is 3.65. The van der Waals surface area contributed by atoms with Gasteiger partial charge in [-0.3, -0.25) is 4.79 Å². The lowest BCUT2D eigenvalue weighted by Crippen LogP contribution is -2.25. The molecular formula is C20H37NO. The highest BCUT2D eigenvalue weighted by molar-refractivity contribution is 5.87. The van der Waals surface area contributed by atoms with E-state index in [0.717, 1.165) is 13.0 Å². The van der Waals surface area contributed by atoms with E-state index in [1.807, 2.05) is 12.2 Å². The number of hydrogen-bond donors (Lipinski definition) is 1. The van der Waals surface area contributed by atoms with E-state index in [0.29, 0.717) is 5.92 Å². The third kappa shape index (κ3) is 17.0. The van der Waals surface area contributed by atoms with E-state index in [1.165, 1.54) is 57.8 Å². The maximum absolute atomic E-state index is 11.4. The fraction of sp³-hybridized carbons (Fsp3) is 0.750. The van der Waals surface area contributed by atoms with Crippen LogP contribution in [0.1, 0.15) is 85.0 Å². The van der Waals surface area contributed by atoms with E-state index in [9.17, 15) is 4.79 Å². The van der Waals surface area contributed by atoms with Crippen molar-refractivity contribution < 1.29 is 4.79 Å². The van der Waals surface area contributed by atoms with E-state index in [4.69, 9.17) is 0 Å². The van der Waals surface area contributed by atoms with Crippen LogP contribution >= 0.6 is 0 Å². The molecule has 2 heteroatoms. The summed E-state index contributed by atoms with van der Waals surface area (Å²) in [5, 5.41) is 2.87. The van der Waals surface area contributed by atoms with E-state index >= 15 is 0 Å². The van der Waals surface area contributed by atoms with Crippen molar-refractivity contribution in [2.45, 2.75) is 85.0 Å². The van der Waals surface area contributed by atoms with Gasteiger partial charge in [0.1, 0.15) is 0 Å². The van der Waals surface area contributed by atoms with Gasteiger partial charge < -0.3 is 5.32 Å². The molecule has 0 atom stereocenters. The number of amides is 1. The zero-order valence-corrected chi connectivity index (χ0v) is 15.1. The van der Waals surface area contributed by atoms with Gasteiger partial charge >= 0.3 is 0 Å². The second-order valence-electron chi connectivity index (χ2n) is 6.54. The first-order valence-corrected chi connectivity index (χ1v) is 9.27. The monoisotopic (exact) mass is 307 g/mol. The van der Waals surface area contributed by atoms with Crippen LogP contribution in [0.3, 0.4) is 0 Å². The van der Waals surface area contributed by atoms with Crippen LogP contribution in [0.15, 0.2) is 24.3 Å². The topological polar surface area (TPSA) is 29.1 Å². The SMILES string of the molecule is CCCCCCCCCCCC=CC=CC(=O)NCC(C)C. The summed E-state index contributed by atoms with van der Waals surface area (Å²) in [6.45, 7) is 7.19. The number of rotatable bonds is 14. The van der Waals surface area contributed by atoms with Crippen LogP contribution in [0.4, 0.5) is 0 Å². The molecule has 0 radical (unpaired) electrons. The van der Waals surface area contributed by atoms with Gasteiger partial charge in [0.15, 0.2) is 0 Å². The van der Waals surface area contributed by atoms with Crippen molar-refractivity contribution in [2.75, 3.05) is 6.54 Å². The molecule has 1 amide bonds. The molecule has 1 N–H and O–H groups in total. The number of carbonyl (C=O) groups excluding carboxylic acids is 1. The van der Waals surface area contributed by atoms with Gasteiger partial charge in [0.25, 0.3) is 0 Å². The molecular weight excluding hydrogens is 270 g/mol. The number of hydrogen-bond acceptors (Lipinski definition) is 1. The molecule has 128 valence electrons. The van der Waals surface area contributed by atoms with E-state index in [1.54, 1.807) is 6.08 Å². The Kier molecular flexibility index (Phi) is 15.5. The number of nitrogens with one attached hydrogen (secondary N) is 1. The van der Waals surface area contributed by atoms with Gasteiger partial charge in [-0.15, -0.1) is 0 Å². The molecule has 0 fully saturated rings. The summed E-state index contributed by atoms with van der Waals surface area (Å²) in [7, 11) is 0. The first kappa shape index (κ1) is 20.9. The van der Waals surface area contributed by atoms with Gasteiger partial charge in [0.05, 0.1) is 0 Å². The molecule has 0 aromatic rings. The Morgan fingerprint density at radius 1 is 0.909 bits per heavy atom. The number of unbranched alkanes of at least 4 members (excludes halogenated alkanes) is 9. The van der Waals surface area contributed by atoms with Crippen LogP contribution in [0.2, 0.25) is 0 Å². The van der Waals surface area contributed by atoms with Gasteiger partial charge in [-0.2, -0.15) is 0 Å². The minimum Gasteiger partial charge on any atom is -0.352 e. The molecule has 0 saturated carbocycles. The minimum atomic E-state index is 0.00132. The Balaban J connectivity index is 3.35. The van der Waals surface area contributed by atoms with Crippen LogP contribution in [0.25, 0.3) is 0 Å². The number of allylic oxidation sites excluding steroid dienone is 3. The Hall–Kier alpha value is -1.05. The molecule has 0 rings (SSSR count). The lowest BCUT2D eigenvalue weighted by Gasteiger charge is -2.03. The van der Waals surface area contributed by atoms with Crippen molar-refractivity contribution >= 4 is 5.91 Å². The summed E-state index contributed by atoms with van der Waals surface area (Å²) < 4.78 is 0. The molecule has 0 aliphatic heterocycles. The van der Waals surface area contributed by atoms with Crippen molar-refractivity contribution in [1.82, 2.24) is 5.32 Å². The maximum Gasteiger partial charge on any atom is 0.243 e. The summed E-state index contributed by atoms with van der Waals surface area (Å²) in [6.07, 6.45) is 21.0. The molecule has 2 nitrogen and oxygen atoms in total. The Morgan fingerprint density at radius 3 is 2.09 bits per heavy atom. The Morgan fingerprint density at radius 2 is 1.50 bits per heavy atom. The first-order chi connectivity index (χ1) is 10.7. The summed E-state index contributed by atoms with van der Waals surface area (Å²) >= 11 is 0. The van der Waals surface area contributed by atoms with Crippen molar-refractivity contribution in [3.05, 3.63) is 24.3 Å². The summed E-state index contributed by atoms with van der Waals surface area (Å²) in [5.74, 6) is 0.501. The smallest absolute Gasteiger partial charge is 0.243 e. The summed E-state index contributed by atoms with van der Waals surface area (Å²) in [5.41, 5.74) is 0. The summed E-state index contributed by atoms with van der Waals surface area (Å²) in [6, 6.07) is 0. The quantitative estimate of drug-likeness (QED) is 0.245. The van der Waals surface area contributed by atoms with Crippen LogP contribution in [-0.2, 0) is 4.79 Å². The fourth-order valence-corrected chi connectivity index (χ4v) is 2.25. The molecule has 0 bridgehead atoms. The van der Waals surface area contributed by atoms with E-state index < -0.39 is 0 Å². The Labute approximate surface area is 138 Å². The summed E-state index contributed by atoms with van der Waals surface area (Å²) in [4.78, 5) is 11.4. The normalized spacial score (nSPS) is 11.8. The van der Waals surface area contributed by atoms with Crippen LogP contribution in [0, 0.1) is 5.92 Å². The number of carbonyl (C=O) groups is 1. The van der Waals surface area contributed by atoms with Crippen molar-refractivity contribution in [1.29, 1.82) is 0 Å². The molecule has 0 aromatic heterocycles. The van der Waals surface area contributed by atoms with Gasteiger partial charge in [0, 0.05) is 12.6 Å². The van der Waals surface area contributed by atoms with Crippen molar-refractivity contribution in [3.63, 3.8) is 0 Å². The van der Waals surface area contributed by atoms with E-state index in [-0.39, 0.29) is 5.91 Å². The predicted octanol–water partition coefficient (Wildman–Crippen LogP) is 5.79. The zero-order valence-electron chi connectivity index (χ0n) is 15.1. The second kappa shape index (κ2) is 16.3. The molecule has 0 aliphatic rings. The maximum atomic E-state index is 11.4. The highest BCUT2D eigenvalue weighted by atomic mass is 16.1. The lowest BCUT2D eigenvalue weighted by atomic mass is 10.1. The predicted molar refractivity (Wildman–Crippen MR) is 98.0 cm³/mol. The van der Waals surface area contributed by atoms with Gasteiger partial charge in [0.2, 0.25) is 5.91 Å². The van der Waals surface area contributed by atoms with Crippen LogP contribution in [0.5, 0.6) is 0 Å². The zero-order chi connectivity index (χ0) is 16.5. The van der Waals surface area contributed by atoms with Crippen molar-refractivity contribution in [2.24, 2.45) is 5.92 Å².